The molecule has 0 spiro atoms. The van der Waals surface area contributed by atoms with Crippen molar-refractivity contribution in [3.05, 3.63) is 0 Å². The standard InChI is InChI=1S/C14H27N3/c1-11-6-14(7-11,10-15)17-9-13-4-3-5-16(13)8-12(17)2/h11-13H,3-10,15H2,1-2H3. The Kier molecular flexibility index (Phi) is 2.96. The first-order valence-corrected chi connectivity index (χ1v) is 7.35. The van der Waals surface area contributed by atoms with E-state index < -0.39 is 0 Å². The van der Waals surface area contributed by atoms with Crippen molar-refractivity contribution in [3.63, 3.8) is 0 Å². The molecule has 2 heterocycles. The van der Waals surface area contributed by atoms with Gasteiger partial charge in [-0.25, -0.2) is 0 Å². The minimum atomic E-state index is 0.355. The Bertz CT molecular complexity index is 285. The summed E-state index contributed by atoms with van der Waals surface area (Å²) in [6, 6.07) is 1.52. The molecule has 2 aliphatic heterocycles. The van der Waals surface area contributed by atoms with Crippen LogP contribution in [0.3, 0.4) is 0 Å². The zero-order chi connectivity index (χ0) is 12.0. The van der Waals surface area contributed by atoms with Crippen molar-refractivity contribution in [1.29, 1.82) is 0 Å². The molecule has 98 valence electrons. The number of hydrogen-bond acceptors (Lipinski definition) is 3. The van der Waals surface area contributed by atoms with E-state index in [4.69, 9.17) is 5.73 Å². The number of nitrogens with zero attached hydrogens (tertiary/aromatic N) is 2. The third-order valence-electron chi connectivity index (χ3n) is 5.38. The summed E-state index contributed by atoms with van der Waals surface area (Å²) in [6.07, 6.45) is 5.44. The topological polar surface area (TPSA) is 32.5 Å². The molecule has 0 radical (unpaired) electrons. The number of fused-ring (bicyclic) bond motifs is 1. The maximum absolute atomic E-state index is 6.11. The van der Waals surface area contributed by atoms with Crippen molar-refractivity contribution in [2.45, 2.75) is 57.2 Å². The molecule has 2 saturated heterocycles. The van der Waals surface area contributed by atoms with Gasteiger partial charge in [-0.2, -0.15) is 0 Å². The highest BCUT2D eigenvalue weighted by Crippen LogP contribution is 2.44. The summed E-state index contributed by atoms with van der Waals surface area (Å²) in [7, 11) is 0. The molecule has 3 fully saturated rings. The zero-order valence-corrected chi connectivity index (χ0v) is 11.4. The van der Waals surface area contributed by atoms with Crippen molar-refractivity contribution in [1.82, 2.24) is 9.80 Å². The number of rotatable bonds is 2. The van der Waals surface area contributed by atoms with Gasteiger partial charge in [0.2, 0.25) is 0 Å². The summed E-state index contributed by atoms with van der Waals surface area (Å²) in [4.78, 5) is 5.47. The molecule has 1 aliphatic carbocycles. The molecule has 0 bridgehead atoms. The van der Waals surface area contributed by atoms with Gasteiger partial charge < -0.3 is 5.73 Å². The first kappa shape index (κ1) is 11.9. The Balaban J connectivity index is 1.74. The van der Waals surface area contributed by atoms with Crippen LogP contribution in [0.2, 0.25) is 0 Å². The van der Waals surface area contributed by atoms with E-state index in [1.54, 1.807) is 0 Å². The third kappa shape index (κ3) is 1.83. The van der Waals surface area contributed by atoms with E-state index in [-0.39, 0.29) is 0 Å². The van der Waals surface area contributed by atoms with Crippen LogP contribution in [0.25, 0.3) is 0 Å². The third-order valence-corrected chi connectivity index (χ3v) is 5.38. The smallest absolute Gasteiger partial charge is 0.0340 e. The number of piperazine rings is 1. The first-order chi connectivity index (χ1) is 8.14. The Morgan fingerprint density at radius 1 is 1.24 bits per heavy atom. The summed E-state index contributed by atoms with van der Waals surface area (Å²) in [5.74, 6) is 0.882. The first-order valence-electron chi connectivity index (χ1n) is 7.35. The Hall–Kier alpha value is -0.120. The van der Waals surface area contributed by atoms with Crippen molar-refractivity contribution >= 4 is 0 Å². The molecule has 2 atom stereocenters. The molecule has 0 aromatic carbocycles. The van der Waals surface area contributed by atoms with Crippen molar-refractivity contribution in [2.24, 2.45) is 11.7 Å². The monoisotopic (exact) mass is 237 g/mol. The molecule has 3 nitrogen and oxygen atoms in total. The molecule has 3 aliphatic rings. The van der Waals surface area contributed by atoms with E-state index in [1.807, 2.05) is 0 Å². The Labute approximate surface area is 105 Å². The van der Waals surface area contributed by atoms with Gasteiger partial charge in [0.15, 0.2) is 0 Å². The van der Waals surface area contributed by atoms with Gasteiger partial charge in [-0.05, 0) is 45.1 Å². The van der Waals surface area contributed by atoms with Gasteiger partial charge >= 0.3 is 0 Å². The lowest BCUT2D eigenvalue weighted by Crippen LogP contribution is -2.69. The maximum atomic E-state index is 6.11. The van der Waals surface area contributed by atoms with Crippen LogP contribution in [0, 0.1) is 5.92 Å². The summed E-state index contributed by atoms with van der Waals surface area (Å²) in [5.41, 5.74) is 6.46. The fourth-order valence-corrected chi connectivity index (χ4v) is 4.60. The van der Waals surface area contributed by atoms with Gasteiger partial charge in [0.05, 0.1) is 0 Å². The lowest BCUT2D eigenvalue weighted by molar-refractivity contribution is -0.0784. The SMILES string of the molecule is CC1CC(CN)(N2CC3CCCN3CC2C)C1. The summed E-state index contributed by atoms with van der Waals surface area (Å²) >= 11 is 0. The van der Waals surface area contributed by atoms with Gasteiger partial charge in [0, 0.05) is 37.3 Å². The highest BCUT2D eigenvalue weighted by Gasteiger charge is 2.50. The van der Waals surface area contributed by atoms with Crippen LogP contribution in [-0.2, 0) is 0 Å². The molecule has 1 saturated carbocycles. The molecule has 0 aromatic rings. The lowest BCUT2D eigenvalue weighted by Gasteiger charge is -2.58. The van der Waals surface area contributed by atoms with Crippen LogP contribution in [0.15, 0.2) is 0 Å². The molecule has 17 heavy (non-hydrogen) atoms. The normalized spacial score (nSPS) is 47.8. The molecule has 3 heteroatoms. The summed E-state index contributed by atoms with van der Waals surface area (Å²) < 4.78 is 0. The van der Waals surface area contributed by atoms with Gasteiger partial charge in [-0.1, -0.05) is 6.92 Å². The molecule has 3 rings (SSSR count). The van der Waals surface area contributed by atoms with E-state index in [2.05, 4.69) is 23.6 Å². The van der Waals surface area contributed by atoms with Gasteiger partial charge in [0.1, 0.15) is 0 Å². The molecular formula is C14H27N3. The van der Waals surface area contributed by atoms with Crippen molar-refractivity contribution in [2.75, 3.05) is 26.2 Å². The van der Waals surface area contributed by atoms with Crippen LogP contribution < -0.4 is 5.73 Å². The fraction of sp³-hybridized carbons (Fsp3) is 1.00. The molecule has 0 aromatic heterocycles. The van der Waals surface area contributed by atoms with Crippen LogP contribution in [0.5, 0.6) is 0 Å². The summed E-state index contributed by atoms with van der Waals surface area (Å²) in [6.45, 7) is 9.48. The Morgan fingerprint density at radius 3 is 2.65 bits per heavy atom. The van der Waals surface area contributed by atoms with E-state index >= 15 is 0 Å². The van der Waals surface area contributed by atoms with E-state index in [0.717, 1.165) is 18.5 Å². The van der Waals surface area contributed by atoms with Crippen molar-refractivity contribution < 1.29 is 0 Å². The van der Waals surface area contributed by atoms with Crippen LogP contribution in [0.4, 0.5) is 0 Å². The average molecular weight is 237 g/mol. The predicted octanol–water partition coefficient (Wildman–Crippen LogP) is 1.28. The number of hydrogen-bond donors (Lipinski definition) is 1. The Morgan fingerprint density at radius 2 is 2.00 bits per heavy atom. The highest BCUT2D eigenvalue weighted by molar-refractivity contribution is 5.06. The van der Waals surface area contributed by atoms with Crippen LogP contribution >= 0.6 is 0 Å². The van der Waals surface area contributed by atoms with Crippen molar-refractivity contribution in [3.8, 4) is 0 Å². The summed E-state index contributed by atoms with van der Waals surface area (Å²) in [5, 5.41) is 0. The van der Waals surface area contributed by atoms with E-state index in [9.17, 15) is 0 Å². The minimum absolute atomic E-state index is 0.355. The molecule has 0 amide bonds. The molecule has 2 N–H and O–H groups in total. The predicted molar refractivity (Wildman–Crippen MR) is 70.9 cm³/mol. The molecular weight excluding hydrogens is 210 g/mol. The van der Waals surface area contributed by atoms with Gasteiger partial charge in [-0.15, -0.1) is 0 Å². The second-order valence-corrected chi connectivity index (χ2v) is 6.73. The zero-order valence-electron chi connectivity index (χ0n) is 11.4. The minimum Gasteiger partial charge on any atom is -0.329 e. The lowest BCUT2D eigenvalue weighted by atomic mass is 9.67. The molecule has 2 unspecified atom stereocenters. The van der Waals surface area contributed by atoms with Crippen LogP contribution in [-0.4, -0.2) is 53.6 Å². The second kappa shape index (κ2) is 4.22. The average Bonchev–Trinajstić information content (AvgIpc) is 2.70. The van der Waals surface area contributed by atoms with Gasteiger partial charge in [0.25, 0.3) is 0 Å². The maximum Gasteiger partial charge on any atom is 0.0340 e. The highest BCUT2D eigenvalue weighted by atomic mass is 15.4. The van der Waals surface area contributed by atoms with Crippen LogP contribution in [0.1, 0.15) is 39.5 Å². The van der Waals surface area contributed by atoms with E-state index in [0.29, 0.717) is 11.6 Å². The van der Waals surface area contributed by atoms with Gasteiger partial charge in [-0.3, -0.25) is 9.80 Å². The van der Waals surface area contributed by atoms with E-state index in [1.165, 1.54) is 45.3 Å². The second-order valence-electron chi connectivity index (χ2n) is 6.73. The number of nitrogens with two attached hydrogens (primary N) is 1. The fourth-order valence-electron chi connectivity index (χ4n) is 4.60. The largest absolute Gasteiger partial charge is 0.329 e. The quantitative estimate of drug-likeness (QED) is 0.785.